The molecule has 1 amide bonds. The summed E-state index contributed by atoms with van der Waals surface area (Å²) in [5, 5.41) is 4.35. The molecule has 1 atom stereocenters. The van der Waals surface area contributed by atoms with E-state index in [0.29, 0.717) is 5.56 Å². The molecule has 6 nitrogen and oxygen atoms in total. The standard InChI is InChI=1S/C20H21FN2O4S2/c1-20(2,3)23-29(25,26)17-11-10-15(27-17)19(24)22-18(16-5-4-12-28-16)13-6-8-14(21)9-7-13/h4-12,18,23H,1-3H3,(H,22,24). The number of benzene rings is 1. The van der Waals surface area contributed by atoms with Crippen LogP contribution in [0.5, 0.6) is 0 Å². The molecule has 1 aromatic carbocycles. The van der Waals surface area contributed by atoms with Crippen LogP contribution in [-0.2, 0) is 10.0 Å². The lowest BCUT2D eigenvalue weighted by Crippen LogP contribution is -2.40. The third-order valence-corrected chi connectivity index (χ3v) is 6.38. The number of carbonyl (C=O) groups is 1. The number of nitrogens with one attached hydrogen (secondary N) is 2. The van der Waals surface area contributed by atoms with Crippen LogP contribution in [0.1, 0.15) is 47.8 Å². The van der Waals surface area contributed by atoms with Crippen LogP contribution in [0.2, 0.25) is 0 Å². The van der Waals surface area contributed by atoms with E-state index in [1.54, 1.807) is 32.9 Å². The summed E-state index contributed by atoms with van der Waals surface area (Å²) < 4.78 is 45.8. The Morgan fingerprint density at radius 3 is 2.38 bits per heavy atom. The molecule has 0 fully saturated rings. The maximum Gasteiger partial charge on any atom is 0.287 e. The lowest BCUT2D eigenvalue weighted by molar-refractivity contribution is 0.0910. The lowest BCUT2D eigenvalue weighted by atomic mass is 10.1. The number of sulfonamides is 1. The second-order valence-corrected chi connectivity index (χ2v) is 10.0. The molecular formula is C20H21FN2O4S2. The largest absolute Gasteiger partial charge is 0.438 e. The van der Waals surface area contributed by atoms with Gasteiger partial charge in [-0.05, 0) is 62.0 Å². The third kappa shape index (κ3) is 5.31. The molecule has 1 unspecified atom stereocenters. The third-order valence-electron chi connectivity index (χ3n) is 3.82. The van der Waals surface area contributed by atoms with Gasteiger partial charge in [-0.2, -0.15) is 0 Å². The number of carbonyl (C=O) groups excluding carboxylic acids is 1. The van der Waals surface area contributed by atoms with Crippen LogP contribution < -0.4 is 10.0 Å². The quantitative estimate of drug-likeness (QED) is 0.610. The zero-order valence-electron chi connectivity index (χ0n) is 16.1. The van der Waals surface area contributed by atoms with Gasteiger partial charge in [0.25, 0.3) is 15.9 Å². The average Bonchev–Trinajstić information content (AvgIpc) is 3.30. The lowest BCUT2D eigenvalue weighted by Gasteiger charge is -2.19. The van der Waals surface area contributed by atoms with Gasteiger partial charge in [0, 0.05) is 10.4 Å². The number of rotatable bonds is 6. The van der Waals surface area contributed by atoms with E-state index in [1.165, 1.54) is 35.6 Å². The van der Waals surface area contributed by atoms with Crippen molar-refractivity contribution < 1.29 is 22.0 Å². The highest BCUT2D eigenvalue weighted by atomic mass is 32.2. The van der Waals surface area contributed by atoms with Crippen LogP contribution in [-0.4, -0.2) is 19.9 Å². The SMILES string of the molecule is CC(C)(C)NS(=O)(=O)c1ccc(C(=O)NC(c2ccc(F)cc2)c2cccs2)o1. The Bertz CT molecular complexity index is 1080. The minimum Gasteiger partial charge on any atom is -0.438 e. The van der Waals surface area contributed by atoms with Crippen LogP contribution in [0.15, 0.2) is 63.4 Å². The minimum atomic E-state index is -3.90. The van der Waals surface area contributed by atoms with Crippen molar-refractivity contribution in [2.24, 2.45) is 0 Å². The summed E-state index contributed by atoms with van der Waals surface area (Å²) in [7, 11) is -3.90. The van der Waals surface area contributed by atoms with E-state index >= 15 is 0 Å². The second kappa shape index (κ2) is 8.10. The first-order valence-electron chi connectivity index (χ1n) is 8.79. The average molecular weight is 437 g/mol. The number of amides is 1. The van der Waals surface area contributed by atoms with Gasteiger partial charge in [0.05, 0.1) is 6.04 Å². The molecule has 0 aliphatic carbocycles. The molecular weight excluding hydrogens is 415 g/mol. The molecule has 0 spiro atoms. The Morgan fingerprint density at radius 1 is 1.10 bits per heavy atom. The first kappa shape index (κ1) is 21.2. The second-order valence-electron chi connectivity index (χ2n) is 7.45. The number of halogens is 1. The predicted octanol–water partition coefficient (Wildman–Crippen LogP) is 4.08. The zero-order chi connectivity index (χ0) is 21.2. The topological polar surface area (TPSA) is 88.4 Å². The van der Waals surface area contributed by atoms with E-state index in [-0.39, 0.29) is 16.7 Å². The van der Waals surface area contributed by atoms with Crippen molar-refractivity contribution in [2.75, 3.05) is 0 Å². The fraction of sp³-hybridized carbons (Fsp3) is 0.250. The van der Waals surface area contributed by atoms with Crippen LogP contribution >= 0.6 is 11.3 Å². The molecule has 154 valence electrons. The van der Waals surface area contributed by atoms with Gasteiger partial charge in [0.2, 0.25) is 5.09 Å². The number of furan rings is 1. The molecule has 0 saturated heterocycles. The van der Waals surface area contributed by atoms with Crippen molar-refractivity contribution in [3.63, 3.8) is 0 Å². The van der Waals surface area contributed by atoms with Crippen LogP contribution in [0.4, 0.5) is 4.39 Å². The smallest absolute Gasteiger partial charge is 0.287 e. The first-order valence-corrected chi connectivity index (χ1v) is 11.1. The molecule has 0 aliphatic heterocycles. The van der Waals surface area contributed by atoms with E-state index in [9.17, 15) is 17.6 Å². The van der Waals surface area contributed by atoms with Gasteiger partial charge in [0.15, 0.2) is 5.76 Å². The monoisotopic (exact) mass is 436 g/mol. The summed E-state index contributed by atoms with van der Waals surface area (Å²) in [6.07, 6.45) is 0. The van der Waals surface area contributed by atoms with E-state index in [2.05, 4.69) is 10.0 Å². The van der Waals surface area contributed by atoms with E-state index in [0.717, 1.165) is 4.88 Å². The molecule has 3 rings (SSSR count). The summed E-state index contributed by atoms with van der Waals surface area (Å²) in [6, 6.07) is 11.5. The van der Waals surface area contributed by atoms with E-state index in [1.807, 2.05) is 17.5 Å². The minimum absolute atomic E-state index is 0.136. The molecule has 0 saturated carbocycles. The number of hydrogen-bond acceptors (Lipinski definition) is 5. The summed E-state index contributed by atoms with van der Waals surface area (Å²) >= 11 is 1.44. The van der Waals surface area contributed by atoms with Crippen LogP contribution in [0.3, 0.4) is 0 Å². The van der Waals surface area contributed by atoms with Gasteiger partial charge in [-0.1, -0.05) is 18.2 Å². The fourth-order valence-corrected chi connectivity index (χ4v) is 4.83. The molecule has 0 aliphatic rings. The van der Waals surface area contributed by atoms with E-state index in [4.69, 9.17) is 4.42 Å². The molecule has 2 heterocycles. The Balaban J connectivity index is 1.84. The van der Waals surface area contributed by atoms with Gasteiger partial charge in [-0.3, -0.25) is 4.79 Å². The highest BCUT2D eigenvalue weighted by Crippen LogP contribution is 2.27. The maximum atomic E-state index is 13.3. The maximum absolute atomic E-state index is 13.3. The van der Waals surface area contributed by atoms with Crippen molar-refractivity contribution in [1.29, 1.82) is 0 Å². The van der Waals surface area contributed by atoms with Crippen LogP contribution in [0, 0.1) is 5.82 Å². The molecule has 2 N–H and O–H groups in total. The van der Waals surface area contributed by atoms with Crippen molar-refractivity contribution >= 4 is 27.3 Å². The van der Waals surface area contributed by atoms with Gasteiger partial charge in [0.1, 0.15) is 5.82 Å². The molecule has 0 radical (unpaired) electrons. The molecule has 2 aromatic heterocycles. The van der Waals surface area contributed by atoms with Crippen molar-refractivity contribution in [1.82, 2.24) is 10.0 Å². The summed E-state index contributed by atoms with van der Waals surface area (Å²) in [4.78, 5) is 13.6. The summed E-state index contributed by atoms with van der Waals surface area (Å²) in [5.74, 6) is -1.09. The molecule has 29 heavy (non-hydrogen) atoms. The van der Waals surface area contributed by atoms with Crippen molar-refractivity contribution in [2.45, 2.75) is 37.4 Å². The number of hydrogen-bond donors (Lipinski definition) is 2. The molecule has 0 bridgehead atoms. The van der Waals surface area contributed by atoms with Gasteiger partial charge >= 0.3 is 0 Å². The first-order chi connectivity index (χ1) is 13.5. The highest BCUT2D eigenvalue weighted by molar-refractivity contribution is 7.89. The van der Waals surface area contributed by atoms with Gasteiger partial charge in [-0.15, -0.1) is 11.3 Å². The van der Waals surface area contributed by atoms with Gasteiger partial charge in [-0.25, -0.2) is 17.5 Å². The van der Waals surface area contributed by atoms with Crippen molar-refractivity contribution in [3.8, 4) is 0 Å². The van der Waals surface area contributed by atoms with E-state index < -0.39 is 27.5 Å². The number of thiophene rings is 1. The molecule has 3 aromatic rings. The molecule has 9 heteroatoms. The Labute approximate surface area is 172 Å². The fourth-order valence-electron chi connectivity index (χ4n) is 2.67. The highest BCUT2D eigenvalue weighted by Gasteiger charge is 2.27. The Hall–Kier alpha value is -2.49. The van der Waals surface area contributed by atoms with Gasteiger partial charge < -0.3 is 9.73 Å². The predicted molar refractivity (Wildman–Crippen MR) is 109 cm³/mol. The van der Waals surface area contributed by atoms with Crippen molar-refractivity contribution in [3.05, 3.63) is 75.9 Å². The van der Waals surface area contributed by atoms with Crippen LogP contribution in [0.25, 0.3) is 0 Å². The Kier molecular flexibility index (Phi) is 5.92. The normalized spacial score (nSPS) is 13.2. The zero-order valence-corrected chi connectivity index (χ0v) is 17.7. The Morgan fingerprint density at radius 2 is 1.79 bits per heavy atom. The summed E-state index contributed by atoms with van der Waals surface area (Å²) in [5.41, 5.74) is -0.00282. The summed E-state index contributed by atoms with van der Waals surface area (Å²) in [6.45, 7) is 5.11.